The SMILES string of the molecule is Cc1ccc(S(=O)(=O)c2[nH]c(SSc3nc(-c4ccccc4)c(S(=O)(=O)c4ccc(C)cc4)[nH]3)nc2-c2ccccc2)cc1. The Bertz CT molecular complexity index is 1990. The maximum Gasteiger partial charge on any atom is 0.224 e. The number of aromatic nitrogens is 4. The lowest BCUT2D eigenvalue weighted by atomic mass is 10.2. The van der Waals surface area contributed by atoms with E-state index in [-0.39, 0.29) is 19.8 Å². The van der Waals surface area contributed by atoms with Gasteiger partial charge in [0.1, 0.15) is 11.4 Å². The Labute approximate surface area is 263 Å². The van der Waals surface area contributed by atoms with E-state index in [1.165, 1.54) is 0 Å². The summed E-state index contributed by atoms with van der Waals surface area (Å²) in [6.45, 7) is 3.78. The molecule has 12 heteroatoms. The van der Waals surface area contributed by atoms with Crippen molar-refractivity contribution in [2.24, 2.45) is 0 Å². The Kier molecular flexibility index (Phi) is 8.25. The molecule has 4 aromatic carbocycles. The van der Waals surface area contributed by atoms with Crippen LogP contribution in [0.2, 0.25) is 0 Å². The van der Waals surface area contributed by atoms with Gasteiger partial charge in [-0.3, -0.25) is 0 Å². The topological polar surface area (TPSA) is 126 Å². The van der Waals surface area contributed by atoms with Crippen LogP contribution in [0.1, 0.15) is 11.1 Å². The molecule has 0 fully saturated rings. The average Bonchev–Trinajstić information content (AvgIpc) is 3.67. The van der Waals surface area contributed by atoms with Crippen molar-refractivity contribution in [3.05, 3.63) is 120 Å². The minimum Gasteiger partial charge on any atom is -0.322 e. The van der Waals surface area contributed by atoms with Gasteiger partial charge in [0.15, 0.2) is 20.4 Å². The van der Waals surface area contributed by atoms with Crippen LogP contribution in [-0.4, -0.2) is 36.8 Å². The van der Waals surface area contributed by atoms with Crippen LogP contribution < -0.4 is 0 Å². The quantitative estimate of drug-likeness (QED) is 0.153. The zero-order valence-electron chi connectivity index (χ0n) is 23.6. The molecule has 0 amide bonds. The first-order valence-electron chi connectivity index (χ1n) is 13.4. The number of rotatable bonds is 9. The number of sulfone groups is 2. The zero-order valence-corrected chi connectivity index (χ0v) is 26.8. The monoisotopic (exact) mass is 658 g/mol. The number of imidazole rings is 2. The largest absolute Gasteiger partial charge is 0.322 e. The van der Waals surface area contributed by atoms with Gasteiger partial charge in [-0.2, -0.15) is 0 Å². The molecule has 0 radical (unpaired) electrons. The van der Waals surface area contributed by atoms with E-state index in [0.29, 0.717) is 32.8 Å². The third-order valence-electron chi connectivity index (χ3n) is 6.79. The lowest BCUT2D eigenvalue weighted by Gasteiger charge is -2.05. The summed E-state index contributed by atoms with van der Waals surface area (Å²) in [4.78, 5) is 15.6. The lowest BCUT2D eigenvalue weighted by Crippen LogP contribution is -2.04. The van der Waals surface area contributed by atoms with Gasteiger partial charge < -0.3 is 9.97 Å². The second-order valence-electron chi connectivity index (χ2n) is 9.97. The van der Waals surface area contributed by atoms with Crippen molar-refractivity contribution in [1.82, 2.24) is 19.9 Å². The van der Waals surface area contributed by atoms with Crippen LogP contribution in [0.15, 0.2) is 139 Å². The molecule has 222 valence electrons. The molecular weight excluding hydrogens is 633 g/mol. The predicted octanol–water partition coefficient (Wildman–Crippen LogP) is 7.55. The van der Waals surface area contributed by atoms with E-state index in [1.807, 2.05) is 50.2 Å². The van der Waals surface area contributed by atoms with Gasteiger partial charge in [-0.15, -0.1) is 0 Å². The van der Waals surface area contributed by atoms with E-state index < -0.39 is 19.7 Å². The molecule has 0 saturated heterocycles. The second-order valence-corrected chi connectivity index (χ2v) is 15.9. The first-order valence-corrected chi connectivity index (χ1v) is 18.5. The highest BCUT2D eigenvalue weighted by Gasteiger charge is 2.29. The normalized spacial score (nSPS) is 12.0. The molecule has 6 aromatic rings. The molecule has 44 heavy (non-hydrogen) atoms. The van der Waals surface area contributed by atoms with Crippen molar-refractivity contribution in [2.75, 3.05) is 0 Å². The summed E-state index contributed by atoms with van der Waals surface area (Å²) in [6, 6.07) is 31.5. The van der Waals surface area contributed by atoms with Crippen LogP contribution in [0.25, 0.3) is 22.5 Å². The summed E-state index contributed by atoms with van der Waals surface area (Å²) in [5.74, 6) is 0. The molecule has 0 atom stereocenters. The molecule has 6 rings (SSSR count). The summed E-state index contributed by atoms with van der Waals surface area (Å²) in [7, 11) is -5.58. The molecule has 2 heterocycles. The van der Waals surface area contributed by atoms with Gasteiger partial charge in [0.25, 0.3) is 0 Å². The molecular formula is C32H26N4O4S4. The Morgan fingerprint density at radius 1 is 0.500 bits per heavy atom. The Hall–Kier alpha value is -4.10. The van der Waals surface area contributed by atoms with Gasteiger partial charge >= 0.3 is 0 Å². The van der Waals surface area contributed by atoms with Gasteiger partial charge in [-0.25, -0.2) is 26.8 Å². The molecule has 2 aromatic heterocycles. The van der Waals surface area contributed by atoms with Crippen LogP contribution in [0.4, 0.5) is 0 Å². The fourth-order valence-electron chi connectivity index (χ4n) is 4.47. The van der Waals surface area contributed by atoms with Crippen LogP contribution in [-0.2, 0) is 19.7 Å². The molecule has 0 aliphatic rings. The summed E-state index contributed by atoms with van der Waals surface area (Å²) in [5, 5.41) is 0.589. The number of aryl methyl sites for hydroxylation is 2. The third kappa shape index (κ3) is 5.98. The van der Waals surface area contributed by atoms with Gasteiger partial charge in [-0.05, 0) is 59.7 Å². The predicted molar refractivity (Wildman–Crippen MR) is 173 cm³/mol. The first kappa shape index (κ1) is 29.9. The molecule has 0 aliphatic heterocycles. The molecule has 0 unspecified atom stereocenters. The smallest absolute Gasteiger partial charge is 0.224 e. The standard InChI is InChI=1S/C32H26N4O4S4/c1-21-13-17-25(18-14-21)43(37,38)29-27(23-9-5-3-6-10-23)33-31(35-29)41-42-32-34-28(24-11-7-4-8-12-24)30(36-32)44(39,40)26-19-15-22(2)16-20-26/h3-20H,1-2H3,(H,33,35)(H,34,36). The van der Waals surface area contributed by atoms with Crippen LogP contribution in [0.5, 0.6) is 0 Å². The minimum atomic E-state index is -3.93. The molecule has 0 aliphatic carbocycles. The Balaban J connectivity index is 1.37. The van der Waals surface area contributed by atoms with Crippen LogP contribution >= 0.6 is 21.6 Å². The number of hydrogen-bond acceptors (Lipinski definition) is 8. The summed E-state index contributed by atoms with van der Waals surface area (Å²) in [5.41, 5.74) is 3.76. The van der Waals surface area contributed by atoms with Crippen molar-refractivity contribution >= 4 is 41.3 Å². The highest BCUT2D eigenvalue weighted by atomic mass is 33.1. The number of hydrogen-bond donors (Lipinski definition) is 2. The minimum absolute atomic E-state index is 0.0253. The van der Waals surface area contributed by atoms with Crippen molar-refractivity contribution in [3.8, 4) is 22.5 Å². The Morgan fingerprint density at radius 3 is 1.18 bits per heavy atom. The fourth-order valence-corrected chi connectivity index (χ4v) is 9.01. The van der Waals surface area contributed by atoms with Gasteiger partial charge in [0.05, 0.1) is 9.79 Å². The third-order valence-corrected chi connectivity index (χ3v) is 12.2. The van der Waals surface area contributed by atoms with E-state index in [2.05, 4.69) is 19.9 Å². The van der Waals surface area contributed by atoms with Gasteiger partial charge in [0.2, 0.25) is 19.7 Å². The van der Waals surface area contributed by atoms with E-state index in [1.54, 1.807) is 72.8 Å². The summed E-state index contributed by atoms with van der Waals surface area (Å²) < 4.78 is 54.9. The van der Waals surface area contributed by atoms with E-state index in [0.717, 1.165) is 32.7 Å². The number of nitrogens with one attached hydrogen (secondary N) is 2. The zero-order chi connectivity index (χ0) is 30.9. The molecule has 0 spiro atoms. The highest BCUT2D eigenvalue weighted by molar-refractivity contribution is 8.76. The second kappa shape index (κ2) is 12.1. The number of benzene rings is 4. The van der Waals surface area contributed by atoms with Gasteiger partial charge in [0, 0.05) is 11.1 Å². The van der Waals surface area contributed by atoms with E-state index >= 15 is 0 Å². The average molecular weight is 659 g/mol. The Morgan fingerprint density at radius 2 is 0.841 bits per heavy atom. The van der Waals surface area contributed by atoms with Crippen molar-refractivity contribution < 1.29 is 16.8 Å². The number of aromatic amines is 2. The number of nitrogens with zero attached hydrogens (tertiary/aromatic N) is 2. The van der Waals surface area contributed by atoms with Gasteiger partial charge in [-0.1, -0.05) is 96.1 Å². The van der Waals surface area contributed by atoms with E-state index in [4.69, 9.17) is 0 Å². The van der Waals surface area contributed by atoms with Crippen molar-refractivity contribution in [2.45, 2.75) is 44.0 Å². The molecule has 2 N–H and O–H groups in total. The van der Waals surface area contributed by atoms with Crippen LogP contribution in [0.3, 0.4) is 0 Å². The summed E-state index contributed by atoms with van der Waals surface area (Å²) in [6.07, 6.45) is 0. The number of H-pyrrole nitrogens is 2. The van der Waals surface area contributed by atoms with Crippen molar-refractivity contribution in [1.29, 1.82) is 0 Å². The molecule has 8 nitrogen and oxygen atoms in total. The van der Waals surface area contributed by atoms with Crippen LogP contribution in [0, 0.1) is 13.8 Å². The first-order chi connectivity index (χ1) is 21.1. The molecule has 0 saturated carbocycles. The highest BCUT2D eigenvalue weighted by Crippen LogP contribution is 2.41. The maximum absolute atomic E-state index is 13.7. The maximum atomic E-state index is 13.7. The molecule has 0 bridgehead atoms. The van der Waals surface area contributed by atoms with E-state index in [9.17, 15) is 16.8 Å². The fraction of sp³-hybridized carbons (Fsp3) is 0.0625. The summed E-state index contributed by atoms with van der Waals surface area (Å²) >= 11 is 0. The lowest BCUT2D eigenvalue weighted by molar-refractivity contribution is 0.591. The van der Waals surface area contributed by atoms with Crippen molar-refractivity contribution in [3.63, 3.8) is 0 Å².